The van der Waals surface area contributed by atoms with Crippen molar-refractivity contribution in [3.63, 3.8) is 0 Å². The molecule has 0 amide bonds. The molecule has 6 nitrogen and oxygen atoms in total. The number of carbonyl (C=O) groups excluding carboxylic acids is 2. The van der Waals surface area contributed by atoms with Gasteiger partial charge in [-0.05, 0) is 62.0 Å². The first-order chi connectivity index (χ1) is 18.0. The second-order valence-corrected chi connectivity index (χ2v) is 12.3. The summed E-state index contributed by atoms with van der Waals surface area (Å²) < 4.78 is 12.0. The van der Waals surface area contributed by atoms with Crippen molar-refractivity contribution in [2.45, 2.75) is 91.1 Å². The molecule has 1 fully saturated rings. The summed E-state index contributed by atoms with van der Waals surface area (Å²) in [7, 11) is 0. The first-order valence-corrected chi connectivity index (χ1v) is 14.2. The Hall–Kier alpha value is -2.44. The van der Waals surface area contributed by atoms with Gasteiger partial charge >= 0.3 is 11.9 Å². The molecule has 1 aromatic carbocycles. The lowest BCUT2D eigenvalue weighted by atomic mass is 9.60. The van der Waals surface area contributed by atoms with Crippen molar-refractivity contribution < 1.29 is 29.3 Å². The molecular weight excluding hydrogens is 480 g/mol. The van der Waals surface area contributed by atoms with Crippen LogP contribution in [0.1, 0.15) is 78.4 Å². The van der Waals surface area contributed by atoms with E-state index < -0.39 is 23.7 Å². The van der Waals surface area contributed by atoms with Crippen LogP contribution < -0.4 is 0 Å². The third-order valence-electron chi connectivity index (χ3n) is 9.15. The Labute approximate surface area is 227 Å². The zero-order valence-corrected chi connectivity index (χ0v) is 23.4. The summed E-state index contributed by atoms with van der Waals surface area (Å²) in [6.07, 6.45) is 6.88. The number of ether oxygens (including phenoxy) is 2. The van der Waals surface area contributed by atoms with Gasteiger partial charge in [0.05, 0.1) is 24.0 Å². The van der Waals surface area contributed by atoms with Gasteiger partial charge in [0.15, 0.2) is 0 Å². The van der Waals surface area contributed by atoms with Crippen LogP contribution >= 0.6 is 0 Å². The lowest BCUT2D eigenvalue weighted by Gasteiger charge is -2.48. The molecule has 4 rings (SSSR count). The van der Waals surface area contributed by atoms with E-state index in [1.165, 1.54) is 0 Å². The molecule has 0 saturated carbocycles. The fourth-order valence-electron chi connectivity index (χ4n) is 6.42. The van der Waals surface area contributed by atoms with Gasteiger partial charge < -0.3 is 19.7 Å². The fourth-order valence-corrected chi connectivity index (χ4v) is 6.42. The Morgan fingerprint density at radius 3 is 2.53 bits per heavy atom. The molecule has 1 aromatic rings. The molecule has 0 bridgehead atoms. The third kappa shape index (κ3) is 6.07. The van der Waals surface area contributed by atoms with E-state index in [-0.39, 0.29) is 54.1 Å². The number of aliphatic hydroxyl groups excluding tert-OH is 2. The van der Waals surface area contributed by atoms with Crippen molar-refractivity contribution in [2.24, 2.45) is 35.0 Å². The van der Waals surface area contributed by atoms with Crippen molar-refractivity contribution in [2.75, 3.05) is 0 Å². The second kappa shape index (κ2) is 11.7. The van der Waals surface area contributed by atoms with E-state index in [9.17, 15) is 19.8 Å². The zero-order chi connectivity index (χ0) is 27.6. The largest absolute Gasteiger partial charge is 0.462 e. The molecule has 0 spiro atoms. The Morgan fingerprint density at radius 1 is 1.16 bits per heavy atom. The van der Waals surface area contributed by atoms with Crippen LogP contribution in [0.25, 0.3) is 0 Å². The van der Waals surface area contributed by atoms with Gasteiger partial charge in [0.1, 0.15) is 12.2 Å². The highest BCUT2D eigenvalue weighted by Crippen LogP contribution is 2.50. The maximum atomic E-state index is 13.5. The van der Waals surface area contributed by atoms with Crippen LogP contribution in [0.15, 0.2) is 54.1 Å². The lowest BCUT2D eigenvalue weighted by molar-refractivity contribution is -0.174. The van der Waals surface area contributed by atoms with Crippen LogP contribution in [-0.2, 0) is 19.1 Å². The Balaban J connectivity index is 1.68. The first kappa shape index (κ1) is 28.6. The Kier molecular flexibility index (Phi) is 8.83. The fraction of sp³-hybridized carbons (Fsp3) is 0.625. The van der Waals surface area contributed by atoms with Crippen LogP contribution in [0.2, 0.25) is 0 Å². The van der Waals surface area contributed by atoms with E-state index in [0.717, 1.165) is 17.6 Å². The highest BCUT2D eigenvalue weighted by molar-refractivity contribution is 5.76. The topological polar surface area (TPSA) is 93.1 Å². The van der Waals surface area contributed by atoms with Crippen LogP contribution in [0.3, 0.4) is 0 Å². The van der Waals surface area contributed by atoms with Crippen molar-refractivity contribution >= 4 is 11.9 Å². The van der Waals surface area contributed by atoms with Gasteiger partial charge in [-0.3, -0.25) is 9.59 Å². The van der Waals surface area contributed by atoms with Gasteiger partial charge in [0.2, 0.25) is 0 Å². The van der Waals surface area contributed by atoms with Gasteiger partial charge in [-0.2, -0.15) is 0 Å². The molecule has 1 saturated heterocycles. The number of esters is 2. The van der Waals surface area contributed by atoms with Crippen molar-refractivity contribution in [3.05, 3.63) is 59.7 Å². The second-order valence-electron chi connectivity index (χ2n) is 12.3. The first-order valence-electron chi connectivity index (χ1n) is 14.2. The van der Waals surface area contributed by atoms with Crippen LogP contribution in [0.5, 0.6) is 0 Å². The molecule has 0 aromatic heterocycles. The quantitative estimate of drug-likeness (QED) is 0.434. The molecule has 0 unspecified atom stereocenters. The lowest BCUT2D eigenvalue weighted by Crippen LogP contribution is -2.49. The summed E-state index contributed by atoms with van der Waals surface area (Å²) in [5, 5.41) is 21.8. The number of aliphatic hydroxyl groups is 2. The third-order valence-corrected chi connectivity index (χ3v) is 9.15. The number of allylic oxidation sites excluding steroid dienone is 3. The van der Waals surface area contributed by atoms with Crippen molar-refractivity contribution in [1.82, 2.24) is 0 Å². The molecule has 2 N–H and O–H groups in total. The normalized spacial score (nSPS) is 34.1. The summed E-state index contributed by atoms with van der Waals surface area (Å²) >= 11 is 0. The highest BCUT2D eigenvalue weighted by Gasteiger charge is 2.50. The molecule has 38 heavy (non-hydrogen) atoms. The maximum absolute atomic E-state index is 13.5. The van der Waals surface area contributed by atoms with E-state index in [2.05, 4.69) is 32.1 Å². The van der Waals surface area contributed by atoms with Crippen molar-refractivity contribution in [1.29, 1.82) is 0 Å². The average molecular weight is 525 g/mol. The number of hydrogen-bond acceptors (Lipinski definition) is 6. The van der Waals surface area contributed by atoms with Gasteiger partial charge in [-0.15, -0.1) is 0 Å². The minimum absolute atomic E-state index is 0.00727. The van der Waals surface area contributed by atoms with Gasteiger partial charge in [0.25, 0.3) is 0 Å². The SMILES string of the molecule is CCC(C)(C)C(=O)O[C@@H]1[C@H]2C(=C[C@H](C)[C@H]1[C@@H](O)c1ccccc1)C=C[C@H](C)[C@@H]2CC[C@@H]1C[C@@H](O)CC(=O)O1. The summed E-state index contributed by atoms with van der Waals surface area (Å²) in [6, 6.07) is 9.62. The van der Waals surface area contributed by atoms with E-state index in [1.54, 1.807) is 0 Å². The smallest absolute Gasteiger partial charge is 0.311 e. The number of fused-ring (bicyclic) bond motifs is 1. The van der Waals surface area contributed by atoms with Crippen LogP contribution in [-0.4, -0.2) is 40.5 Å². The van der Waals surface area contributed by atoms with E-state index >= 15 is 0 Å². The molecular formula is C32H44O6. The number of hydrogen-bond donors (Lipinski definition) is 2. The number of cyclic esters (lactones) is 1. The molecule has 1 aliphatic heterocycles. The minimum Gasteiger partial charge on any atom is -0.462 e. The summed E-state index contributed by atoms with van der Waals surface area (Å²) in [5.41, 5.74) is 1.33. The monoisotopic (exact) mass is 524 g/mol. The molecule has 208 valence electrons. The minimum atomic E-state index is -0.789. The summed E-state index contributed by atoms with van der Waals surface area (Å²) in [6.45, 7) is 10.1. The number of benzene rings is 1. The summed E-state index contributed by atoms with van der Waals surface area (Å²) in [5.74, 6) is -0.652. The Bertz CT molecular complexity index is 1040. The van der Waals surface area contributed by atoms with Gasteiger partial charge in [-0.1, -0.05) is 69.3 Å². The maximum Gasteiger partial charge on any atom is 0.311 e. The molecule has 0 radical (unpaired) electrons. The van der Waals surface area contributed by atoms with E-state index in [0.29, 0.717) is 19.3 Å². The molecule has 9 atom stereocenters. The number of carbonyl (C=O) groups is 2. The molecule has 6 heteroatoms. The van der Waals surface area contributed by atoms with Gasteiger partial charge in [0, 0.05) is 18.3 Å². The van der Waals surface area contributed by atoms with Gasteiger partial charge in [-0.25, -0.2) is 0 Å². The average Bonchev–Trinajstić information content (AvgIpc) is 2.88. The molecule has 1 heterocycles. The predicted octanol–water partition coefficient (Wildman–Crippen LogP) is 5.55. The standard InChI is InChI=1S/C32H44O6/c1-6-32(4,5)31(36)38-30-27(29(35)21-10-8-7-9-11-21)20(3)16-22-13-12-19(2)25(28(22)30)15-14-24-17-23(33)18-26(34)37-24/h7-13,16,19-20,23-25,27-30,33,35H,6,14-15,17-18H2,1-5H3/t19-,20-,23+,24+,25-,27-,28-,29-,30-/m0/s1. The van der Waals surface area contributed by atoms with Crippen LogP contribution in [0, 0.1) is 35.0 Å². The predicted molar refractivity (Wildman–Crippen MR) is 146 cm³/mol. The van der Waals surface area contributed by atoms with E-state index in [4.69, 9.17) is 9.47 Å². The molecule has 3 aliphatic rings. The number of rotatable bonds is 8. The highest BCUT2D eigenvalue weighted by atomic mass is 16.6. The Morgan fingerprint density at radius 2 is 1.87 bits per heavy atom. The molecule has 2 aliphatic carbocycles. The van der Waals surface area contributed by atoms with E-state index in [1.807, 2.05) is 51.1 Å². The summed E-state index contributed by atoms with van der Waals surface area (Å²) in [4.78, 5) is 25.4. The zero-order valence-electron chi connectivity index (χ0n) is 23.4. The van der Waals surface area contributed by atoms with Crippen molar-refractivity contribution in [3.8, 4) is 0 Å². The van der Waals surface area contributed by atoms with Crippen LogP contribution in [0.4, 0.5) is 0 Å².